The molecule has 3 rings (SSSR count). The quantitative estimate of drug-likeness (QED) is 0.647. The smallest absolute Gasteiger partial charge is 0.292 e. The minimum Gasteiger partial charge on any atom is -0.292 e. The highest BCUT2D eigenvalue weighted by Crippen LogP contribution is 2.35. The van der Waals surface area contributed by atoms with Gasteiger partial charge >= 0.3 is 6.18 Å². The first-order valence-electron chi connectivity index (χ1n) is 7.88. The molecule has 7 nitrogen and oxygen atoms in total. The molecular weight excluding hydrogens is 404 g/mol. The first-order valence-corrected chi connectivity index (χ1v) is 8.25. The van der Waals surface area contributed by atoms with Crippen LogP contribution in [0.1, 0.15) is 17.0 Å². The predicted octanol–water partition coefficient (Wildman–Crippen LogP) is 3.28. The van der Waals surface area contributed by atoms with Crippen molar-refractivity contribution in [1.29, 1.82) is 0 Å². The van der Waals surface area contributed by atoms with Crippen molar-refractivity contribution >= 4 is 23.5 Å². The Labute approximate surface area is 160 Å². The van der Waals surface area contributed by atoms with E-state index in [1.807, 2.05) is 0 Å². The van der Waals surface area contributed by atoms with Gasteiger partial charge in [0.2, 0.25) is 11.9 Å². The van der Waals surface area contributed by atoms with Crippen LogP contribution in [-0.2, 0) is 24.1 Å². The fourth-order valence-electron chi connectivity index (χ4n) is 2.39. The van der Waals surface area contributed by atoms with Gasteiger partial charge in [-0.25, -0.2) is 14.1 Å². The average Bonchev–Trinajstić information content (AvgIpc) is 3.16. The van der Waals surface area contributed by atoms with E-state index in [0.29, 0.717) is 5.56 Å². The van der Waals surface area contributed by atoms with Gasteiger partial charge in [-0.1, -0.05) is 29.8 Å². The van der Waals surface area contributed by atoms with Crippen molar-refractivity contribution in [3.05, 3.63) is 58.4 Å². The SMILES string of the molecule is Cc1c(Cl)c(C(F)(F)F)nn1CC(=O)Nc1ncn(Cc2ccccc2F)n1. The van der Waals surface area contributed by atoms with Crippen molar-refractivity contribution in [2.45, 2.75) is 26.2 Å². The molecular formula is C16H13ClF4N6O. The lowest BCUT2D eigenvalue weighted by molar-refractivity contribution is -0.141. The molecule has 1 aromatic carbocycles. The van der Waals surface area contributed by atoms with Crippen LogP contribution in [0.3, 0.4) is 0 Å². The number of rotatable bonds is 5. The Kier molecular flexibility index (Phi) is 5.36. The van der Waals surface area contributed by atoms with Gasteiger partial charge in [-0.15, -0.1) is 5.10 Å². The van der Waals surface area contributed by atoms with E-state index in [1.165, 1.54) is 24.0 Å². The van der Waals surface area contributed by atoms with Gasteiger partial charge in [-0.05, 0) is 13.0 Å². The normalized spacial score (nSPS) is 11.6. The lowest BCUT2D eigenvalue weighted by Crippen LogP contribution is -2.21. The van der Waals surface area contributed by atoms with Crippen LogP contribution in [0.15, 0.2) is 30.6 Å². The molecule has 148 valence electrons. The number of hydrogen-bond donors (Lipinski definition) is 1. The minimum absolute atomic E-state index is 0.00202. The summed E-state index contributed by atoms with van der Waals surface area (Å²) < 4.78 is 54.3. The van der Waals surface area contributed by atoms with Crippen molar-refractivity contribution in [3.63, 3.8) is 0 Å². The number of carbonyl (C=O) groups excluding carboxylic acids is 1. The first kappa shape index (κ1) is 19.8. The molecule has 1 N–H and O–H groups in total. The van der Waals surface area contributed by atoms with Gasteiger partial charge in [0.25, 0.3) is 0 Å². The largest absolute Gasteiger partial charge is 0.436 e. The molecule has 0 saturated heterocycles. The lowest BCUT2D eigenvalue weighted by atomic mass is 10.2. The van der Waals surface area contributed by atoms with E-state index in [0.717, 1.165) is 4.68 Å². The van der Waals surface area contributed by atoms with Crippen LogP contribution >= 0.6 is 11.6 Å². The molecule has 0 spiro atoms. The van der Waals surface area contributed by atoms with Gasteiger partial charge in [-0.3, -0.25) is 14.8 Å². The summed E-state index contributed by atoms with van der Waals surface area (Å²) in [5, 5.41) is 9.11. The third kappa shape index (κ3) is 4.30. The fourth-order valence-corrected chi connectivity index (χ4v) is 2.63. The van der Waals surface area contributed by atoms with E-state index >= 15 is 0 Å². The first-order chi connectivity index (χ1) is 13.1. The number of alkyl halides is 3. The zero-order valence-electron chi connectivity index (χ0n) is 14.3. The van der Waals surface area contributed by atoms with Gasteiger partial charge in [0.05, 0.1) is 17.3 Å². The van der Waals surface area contributed by atoms with Gasteiger partial charge in [-0.2, -0.15) is 18.3 Å². The number of carbonyl (C=O) groups is 1. The van der Waals surface area contributed by atoms with Crippen LogP contribution < -0.4 is 5.32 Å². The van der Waals surface area contributed by atoms with E-state index in [1.54, 1.807) is 18.2 Å². The van der Waals surface area contributed by atoms with Gasteiger partial charge in [0.1, 0.15) is 18.7 Å². The predicted molar refractivity (Wildman–Crippen MR) is 91.1 cm³/mol. The van der Waals surface area contributed by atoms with Gasteiger partial charge in [0, 0.05) is 5.56 Å². The summed E-state index contributed by atoms with van der Waals surface area (Å²) in [6.45, 7) is 0.904. The number of nitrogens with zero attached hydrogens (tertiary/aromatic N) is 5. The zero-order chi connectivity index (χ0) is 20.5. The molecule has 0 unspecified atom stereocenters. The highest BCUT2D eigenvalue weighted by Gasteiger charge is 2.38. The minimum atomic E-state index is -4.73. The van der Waals surface area contributed by atoms with E-state index < -0.39 is 35.2 Å². The maximum atomic E-state index is 13.7. The summed E-state index contributed by atoms with van der Waals surface area (Å²) in [4.78, 5) is 16.0. The van der Waals surface area contributed by atoms with E-state index in [2.05, 4.69) is 20.5 Å². The average molecular weight is 417 g/mol. The molecule has 0 fully saturated rings. The van der Waals surface area contributed by atoms with Crippen molar-refractivity contribution < 1.29 is 22.4 Å². The summed E-state index contributed by atoms with van der Waals surface area (Å²) in [6.07, 6.45) is -3.43. The van der Waals surface area contributed by atoms with Crippen molar-refractivity contribution in [2.24, 2.45) is 0 Å². The van der Waals surface area contributed by atoms with Crippen LogP contribution in [-0.4, -0.2) is 30.5 Å². The van der Waals surface area contributed by atoms with Crippen molar-refractivity contribution in [1.82, 2.24) is 24.5 Å². The Morgan fingerprint density at radius 1 is 1.25 bits per heavy atom. The number of aromatic nitrogens is 5. The molecule has 0 bridgehead atoms. The van der Waals surface area contributed by atoms with Gasteiger partial charge in [0.15, 0.2) is 5.69 Å². The summed E-state index contributed by atoms with van der Waals surface area (Å²) >= 11 is 5.64. The molecule has 2 aromatic heterocycles. The highest BCUT2D eigenvalue weighted by molar-refractivity contribution is 6.32. The fraction of sp³-hybridized carbons (Fsp3) is 0.250. The highest BCUT2D eigenvalue weighted by atomic mass is 35.5. The molecule has 0 radical (unpaired) electrons. The maximum absolute atomic E-state index is 13.7. The maximum Gasteiger partial charge on any atom is 0.436 e. The molecule has 28 heavy (non-hydrogen) atoms. The number of benzene rings is 1. The number of anilines is 1. The molecule has 0 aliphatic carbocycles. The van der Waals surface area contributed by atoms with Crippen molar-refractivity contribution in [3.8, 4) is 0 Å². The Morgan fingerprint density at radius 3 is 2.61 bits per heavy atom. The van der Waals surface area contributed by atoms with E-state index in [-0.39, 0.29) is 18.2 Å². The molecule has 3 aromatic rings. The standard InChI is InChI=1S/C16H13ClF4N6O/c1-9-13(17)14(16(19,20)21)24-27(9)7-12(28)23-15-22-8-26(25-15)6-10-4-2-3-5-11(10)18/h2-5,8H,6-7H2,1H3,(H,23,25,28). The molecule has 12 heteroatoms. The number of amides is 1. The number of hydrogen-bond acceptors (Lipinski definition) is 4. The van der Waals surface area contributed by atoms with Crippen molar-refractivity contribution in [2.75, 3.05) is 5.32 Å². The second-order valence-corrected chi connectivity index (χ2v) is 6.19. The Hall–Kier alpha value is -2.95. The molecule has 0 atom stereocenters. The molecule has 1 amide bonds. The molecule has 2 heterocycles. The third-order valence-corrected chi connectivity index (χ3v) is 4.23. The monoisotopic (exact) mass is 416 g/mol. The topological polar surface area (TPSA) is 77.6 Å². The number of nitrogens with one attached hydrogen (secondary N) is 1. The summed E-state index contributed by atoms with van der Waals surface area (Å²) in [6, 6.07) is 6.11. The van der Waals surface area contributed by atoms with Crippen LogP contribution in [0.2, 0.25) is 5.02 Å². The van der Waals surface area contributed by atoms with Crippen LogP contribution in [0, 0.1) is 12.7 Å². The Morgan fingerprint density at radius 2 is 1.96 bits per heavy atom. The lowest BCUT2D eigenvalue weighted by Gasteiger charge is -2.04. The molecule has 0 saturated carbocycles. The van der Waals surface area contributed by atoms with Gasteiger partial charge < -0.3 is 0 Å². The number of halogens is 5. The summed E-state index contributed by atoms with van der Waals surface area (Å²) in [7, 11) is 0. The Bertz CT molecular complexity index is 1010. The zero-order valence-corrected chi connectivity index (χ0v) is 15.1. The molecule has 0 aliphatic heterocycles. The molecule has 0 aliphatic rings. The Balaban J connectivity index is 1.66. The van der Waals surface area contributed by atoms with Crippen LogP contribution in [0.25, 0.3) is 0 Å². The third-order valence-electron chi connectivity index (χ3n) is 3.77. The second kappa shape index (κ2) is 7.58. The van der Waals surface area contributed by atoms with Crippen LogP contribution in [0.4, 0.5) is 23.5 Å². The van der Waals surface area contributed by atoms with E-state index in [4.69, 9.17) is 11.6 Å². The summed E-state index contributed by atoms with van der Waals surface area (Å²) in [5.41, 5.74) is -0.874. The van der Waals surface area contributed by atoms with E-state index in [9.17, 15) is 22.4 Å². The second-order valence-electron chi connectivity index (χ2n) is 5.81. The van der Waals surface area contributed by atoms with Crippen LogP contribution in [0.5, 0.6) is 0 Å². The summed E-state index contributed by atoms with van der Waals surface area (Å²) in [5.74, 6) is -1.18.